The van der Waals surface area contributed by atoms with E-state index in [-0.39, 0.29) is 0 Å². The smallest absolute Gasteiger partial charge is 0.116 e. The van der Waals surface area contributed by atoms with Crippen LogP contribution in [0.3, 0.4) is 0 Å². The molecule has 0 amide bonds. The van der Waals surface area contributed by atoms with Gasteiger partial charge in [0, 0.05) is 0 Å². The van der Waals surface area contributed by atoms with Crippen molar-refractivity contribution in [3.8, 4) is 0 Å². The Labute approximate surface area is 106 Å². The third-order valence-corrected chi connectivity index (χ3v) is 3.69. The molecule has 0 atom stereocenters. The van der Waals surface area contributed by atoms with Gasteiger partial charge in [0.2, 0.25) is 0 Å². The van der Waals surface area contributed by atoms with Gasteiger partial charge in [-0.3, -0.25) is 0 Å². The van der Waals surface area contributed by atoms with Crippen LogP contribution in [0.4, 0.5) is 0 Å². The molecule has 0 saturated carbocycles. The van der Waals surface area contributed by atoms with Gasteiger partial charge in [-0.05, 0) is 51.0 Å². The van der Waals surface area contributed by atoms with Gasteiger partial charge >= 0.3 is 0 Å². The number of hydrogen-bond acceptors (Lipinski definition) is 3. The third kappa shape index (κ3) is 2.97. The number of furan rings is 2. The Morgan fingerprint density at radius 2 is 1.24 bits per heavy atom. The lowest BCUT2D eigenvalue weighted by molar-refractivity contribution is 0.495. The molecule has 0 spiro atoms. The van der Waals surface area contributed by atoms with Crippen molar-refractivity contribution in [2.45, 2.75) is 39.2 Å². The molecular formula is C14H18O2S. The fourth-order valence-electron chi connectivity index (χ4n) is 1.90. The van der Waals surface area contributed by atoms with Crippen LogP contribution in [0.2, 0.25) is 0 Å². The predicted octanol–water partition coefficient (Wildman–Crippen LogP) is 4.54. The molecule has 0 bridgehead atoms. The Hall–Kier alpha value is -1.09. The van der Waals surface area contributed by atoms with E-state index in [0.29, 0.717) is 0 Å². The summed E-state index contributed by atoms with van der Waals surface area (Å²) in [5.41, 5.74) is 2.48. The van der Waals surface area contributed by atoms with Gasteiger partial charge < -0.3 is 8.83 Å². The van der Waals surface area contributed by atoms with E-state index in [1.807, 2.05) is 25.6 Å². The van der Waals surface area contributed by atoms with Crippen LogP contribution in [0, 0.1) is 27.7 Å². The summed E-state index contributed by atoms with van der Waals surface area (Å²) >= 11 is 1.83. The van der Waals surface area contributed by atoms with E-state index in [4.69, 9.17) is 8.83 Å². The van der Waals surface area contributed by atoms with E-state index in [9.17, 15) is 0 Å². The molecule has 0 fully saturated rings. The lowest BCUT2D eigenvalue weighted by Gasteiger charge is -1.99. The van der Waals surface area contributed by atoms with Crippen LogP contribution in [-0.2, 0) is 11.5 Å². The van der Waals surface area contributed by atoms with Gasteiger partial charge in [0.15, 0.2) is 0 Å². The molecule has 2 aromatic heterocycles. The average Bonchev–Trinajstić information content (AvgIpc) is 2.71. The first-order chi connectivity index (χ1) is 8.06. The molecule has 0 unspecified atom stereocenters. The van der Waals surface area contributed by atoms with Crippen LogP contribution in [0.5, 0.6) is 0 Å². The van der Waals surface area contributed by atoms with Crippen LogP contribution < -0.4 is 0 Å². The summed E-state index contributed by atoms with van der Waals surface area (Å²) in [5.74, 6) is 5.94. The molecule has 0 radical (unpaired) electrons. The van der Waals surface area contributed by atoms with Gasteiger partial charge in [-0.1, -0.05) is 0 Å². The second kappa shape index (κ2) is 5.05. The molecule has 0 saturated heterocycles. The normalized spacial score (nSPS) is 11.1. The minimum absolute atomic E-state index is 0.902. The zero-order valence-electron chi connectivity index (χ0n) is 10.8. The topological polar surface area (TPSA) is 26.3 Å². The summed E-state index contributed by atoms with van der Waals surface area (Å²) in [6.07, 6.45) is 0. The number of aryl methyl sites for hydroxylation is 4. The van der Waals surface area contributed by atoms with Crippen molar-refractivity contribution < 1.29 is 8.83 Å². The Bertz CT molecular complexity index is 462. The van der Waals surface area contributed by atoms with Gasteiger partial charge in [-0.15, -0.1) is 11.8 Å². The minimum atomic E-state index is 0.902. The monoisotopic (exact) mass is 250 g/mol. The Morgan fingerprint density at radius 1 is 0.824 bits per heavy atom. The lowest BCUT2D eigenvalue weighted by atomic mass is 10.3. The Balaban J connectivity index is 1.92. The average molecular weight is 250 g/mol. The summed E-state index contributed by atoms with van der Waals surface area (Å²) in [4.78, 5) is 0. The van der Waals surface area contributed by atoms with Crippen molar-refractivity contribution in [3.63, 3.8) is 0 Å². The van der Waals surface area contributed by atoms with Gasteiger partial charge in [-0.2, -0.15) is 0 Å². The van der Waals surface area contributed by atoms with E-state index in [1.165, 1.54) is 11.1 Å². The second-order valence-electron chi connectivity index (χ2n) is 4.42. The standard InChI is InChI=1S/C14H18O2S/c1-9-5-11(3)15-13(9)7-17-8-14-10(2)6-12(4)16-14/h5-6H,7-8H2,1-4H3. The molecule has 0 aromatic carbocycles. The maximum absolute atomic E-state index is 5.64. The molecule has 0 aliphatic rings. The molecule has 0 aliphatic carbocycles. The lowest BCUT2D eigenvalue weighted by Crippen LogP contribution is -1.83. The van der Waals surface area contributed by atoms with Crippen LogP contribution >= 0.6 is 11.8 Å². The highest BCUT2D eigenvalue weighted by atomic mass is 32.2. The molecule has 3 heteroatoms. The molecule has 92 valence electrons. The van der Waals surface area contributed by atoms with Crippen molar-refractivity contribution in [2.24, 2.45) is 0 Å². The number of thioether (sulfide) groups is 1. The summed E-state index contributed by atoms with van der Waals surface area (Å²) in [6.45, 7) is 8.16. The van der Waals surface area contributed by atoms with Crippen molar-refractivity contribution in [1.82, 2.24) is 0 Å². The summed E-state index contributed by atoms with van der Waals surface area (Å²) < 4.78 is 11.3. The first kappa shape index (κ1) is 12.4. The first-order valence-corrected chi connectivity index (χ1v) is 6.91. The zero-order chi connectivity index (χ0) is 12.4. The maximum Gasteiger partial charge on any atom is 0.116 e. The number of rotatable bonds is 4. The van der Waals surface area contributed by atoms with Crippen LogP contribution in [0.1, 0.15) is 34.2 Å². The van der Waals surface area contributed by atoms with E-state index >= 15 is 0 Å². The summed E-state index contributed by atoms with van der Waals surface area (Å²) in [7, 11) is 0. The molecule has 17 heavy (non-hydrogen) atoms. The van der Waals surface area contributed by atoms with E-state index in [1.54, 1.807) is 0 Å². The SMILES string of the molecule is Cc1cc(C)c(CSCc2oc(C)cc2C)o1. The van der Waals surface area contributed by atoms with E-state index < -0.39 is 0 Å². The van der Waals surface area contributed by atoms with Crippen molar-refractivity contribution >= 4 is 11.8 Å². The van der Waals surface area contributed by atoms with Crippen molar-refractivity contribution in [1.29, 1.82) is 0 Å². The van der Waals surface area contributed by atoms with Crippen molar-refractivity contribution in [2.75, 3.05) is 0 Å². The Morgan fingerprint density at radius 3 is 1.53 bits per heavy atom. The first-order valence-electron chi connectivity index (χ1n) is 5.76. The summed E-state index contributed by atoms with van der Waals surface area (Å²) in [5, 5.41) is 0. The molecule has 2 nitrogen and oxygen atoms in total. The highest BCUT2D eigenvalue weighted by molar-refractivity contribution is 7.97. The highest BCUT2D eigenvalue weighted by Gasteiger charge is 2.08. The highest BCUT2D eigenvalue weighted by Crippen LogP contribution is 2.25. The number of hydrogen-bond donors (Lipinski definition) is 0. The molecule has 0 N–H and O–H groups in total. The largest absolute Gasteiger partial charge is 0.465 e. The van der Waals surface area contributed by atoms with Gasteiger partial charge in [0.05, 0.1) is 11.5 Å². The summed E-state index contributed by atoms with van der Waals surface area (Å²) in [6, 6.07) is 4.16. The minimum Gasteiger partial charge on any atom is -0.465 e. The van der Waals surface area contributed by atoms with Crippen LogP contribution in [0.25, 0.3) is 0 Å². The molecule has 2 aromatic rings. The fourth-order valence-corrected chi connectivity index (χ4v) is 2.95. The quantitative estimate of drug-likeness (QED) is 0.797. The van der Waals surface area contributed by atoms with E-state index in [0.717, 1.165) is 34.5 Å². The molecule has 2 heterocycles. The van der Waals surface area contributed by atoms with Crippen LogP contribution in [0.15, 0.2) is 21.0 Å². The molecule has 2 rings (SSSR count). The molecular weight excluding hydrogens is 232 g/mol. The van der Waals surface area contributed by atoms with E-state index in [2.05, 4.69) is 26.0 Å². The third-order valence-electron chi connectivity index (χ3n) is 2.75. The van der Waals surface area contributed by atoms with Gasteiger partial charge in [-0.25, -0.2) is 0 Å². The second-order valence-corrected chi connectivity index (χ2v) is 5.40. The van der Waals surface area contributed by atoms with Gasteiger partial charge in [0.1, 0.15) is 23.0 Å². The van der Waals surface area contributed by atoms with Gasteiger partial charge in [0.25, 0.3) is 0 Å². The zero-order valence-corrected chi connectivity index (χ0v) is 11.6. The Kier molecular flexibility index (Phi) is 3.67. The fraction of sp³-hybridized carbons (Fsp3) is 0.429. The van der Waals surface area contributed by atoms with Crippen LogP contribution in [-0.4, -0.2) is 0 Å². The predicted molar refractivity (Wildman–Crippen MR) is 71.4 cm³/mol. The maximum atomic E-state index is 5.64. The molecule has 0 aliphatic heterocycles. The van der Waals surface area contributed by atoms with Crippen molar-refractivity contribution in [3.05, 3.63) is 46.3 Å².